The average molecular weight is 220 g/mol. The highest BCUT2D eigenvalue weighted by molar-refractivity contribution is 7.90. The standard InChI is InChI=1S/C9H20N2O2S/c1-9(2,6-10)7-11-14(12,13)8-4-3-5-8/h8,11H,3-7,10H2,1-2H3. The molecule has 1 fully saturated rings. The van der Waals surface area contributed by atoms with Crippen LogP contribution in [0, 0.1) is 5.41 Å². The van der Waals surface area contributed by atoms with E-state index < -0.39 is 10.0 Å². The van der Waals surface area contributed by atoms with Gasteiger partial charge in [0.15, 0.2) is 0 Å². The summed E-state index contributed by atoms with van der Waals surface area (Å²) in [4.78, 5) is 0. The van der Waals surface area contributed by atoms with Crippen LogP contribution in [-0.4, -0.2) is 26.8 Å². The molecule has 14 heavy (non-hydrogen) atoms. The zero-order valence-electron chi connectivity index (χ0n) is 8.91. The van der Waals surface area contributed by atoms with Gasteiger partial charge in [-0.15, -0.1) is 0 Å². The van der Waals surface area contributed by atoms with E-state index in [-0.39, 0.29) is 10.7 Å². The first-order chi connectivity index (χ1) is 6.37. The van der Waals surface area contributed by atoms with Gasteiger partial charge in [-0.1, -0.05) is 20.3 Å². The van der Waals surface area contributed by atoms with E-state index in [2.05, 4.69) is 4.72 Å². The van der Waals surface area contributed by atoms with Gasteiger partial charge < -0.3 is 5.73 Å². The van der Waals surface area contributed by atoms with Gasteiger partial charge in [0.2, 0.25) is 10.0 Å². The van der Waals surface area contributed by atoms with Gasteiger partial charge in [0.05, 0.1) is 5.25 Å². The quantitative estimate of drug-likeness (QED) is 0.706. The molecular weight excluding hydrogens is 200 g/mol. The van der Waals surface area contributed by atoms with Crippen molar-refractivity contribution in [1.82, 2.24) is 4.72 Å². The van der Waals surface area contributed by atoms with Gasteiger partial charge in [0.25, 0.3) is 0 Å². The van der Waals surface area contributed by atoms with Crippen LogP contribution in [0.3, 0.4) is 0 Å². The Morgan fingerprint density at radius 2 is 2.00 bits per heavy atom. The van der Waals surface area contributed by atoms with Crippen molar-refractivity contribution < 1.29 is 8.42 Å². The Hall–Kier alpha value is -0.130. The minimum Gasteiger partial charge on any atom is -0.330 e. The number of rotatable bonds is 5. The highest BCUT2D eigenvalue weighted by atomic mass is 32.2. The summed E-state index contributed by atoms with van der Waals surface area (Å²) in [5, 5.41) is -0.156. The maximum absolute atomic E-state index is 11.6. The predicted molar refractivity (Wildman–Crippen MR) is 57.4 cm³/mol. The number of nitrogens with one attached hydrogen (secondary N) is 1. The van der Waals surface area contributed by atoms with Gasteiger partial charge in [-0.3, -0.25) is 0 Å². The highest BCUT2D eigenvalue weighted by Crippen LogP contribution is 2.25. The maximum atomic E-state index is 11.6. The van der Waals surface area contributed by atoms with Crippen LogP contribution in [0.5, 0.6) is 0 Å². The molecule has 84 valence electrons. The van der Waals surface area contributed by atoms with Crippen LogP contribution in [0.25, 0.3) is 0 Å². The van der Waals surface area contributed by atoms with Crippen molar-refractivity contribution in [2.24, 2.45) is 11.1 Å². The Kier molecular flexibility index (Phi) is 3.55. The molecule has 0 spiro atoms. The molecule has 0 aromatic heterocycles. The van der Waals surface area contributed by atoms with Crippen molar-refractivity contribution >= 4 is 10.0 Å². The van der Waals surface area contributed by atoms with Crippen LogP contribution in [0.4, 0.5) is 0 Å². The number of nitrogens with two attached hydrogens (primary N) is 1. The fourth-order valence-corrected chi connectivity index (χ4v) is 2.95. The summed E-state index contributed by atoms with van der Waals surface area (Å²) in [7, 11) is -3.07. The van der Waals surface area contributed by atoms with E-state index >= 15 is 0 Å². The van der Waals surface area contributed by atoms with Gasteiger partial charge in [-0.05, 0) is 24.8 Å². The first-order valence-corrected chi connectivity index (χ1v) is 6.60. The summed E-state index contributed by atoms with van der Waals surface area (Å²) < 4.78 is 25.9. The summed E-state index contributed by atoms with van der Waals surface area (Å²) in [6.07, 6.45) is 2.64. The first-order valence-electron chi connectivity index (χ1n) is 5.06. The summed E-state index contributed by atoms with van der Waals surface area (Å²) in [5.74, 6) is 0. The molecule has 0 radical (unpaired) electrons. The lowest BCUT2D eigenvalue weighted by Crippen LogP contribution is -2.44. The molecule has 3 N–H and O–H groups in total. The molecule has 0 heterocycles. The van der Waals surface area contributed by atoms with Crippen LogP contribution in [-0.2, 0) is 10.0 Å². The summed E-state index contributed by atoms with van der Waals surface area (Å²) >= 11 is 0. The second-order valence-electron chi connectivity index (χ2n) is 4.79. The zero-order valence-corrected chi connectivity index (χ0v) is 9.73. The lowest BCUT2D eigenvalue weighted by molar-refractivity contribution is 0.371. The normalized spacial score (nSPS) is 19.4. The van der Waals surface area contributed by atoms with Gasteiger partial charge in [-0.25, -0.2) is 13.1 Å². The Bertz CT molecular complexity index is 281. The molecule has 4 nitrogen and oxygen atoms in total. The van der Waals surface area contributed by atoms with E-state index in [4.69, 9.17) is 5.73 Å². The molecular formula is C9H20N2O2S. The van der Waals surface area contributed by atoms with Crippen molar-refractivity contribution in [2.75, 3.05) is 13.1 Å². The number of hydrogen-bond donors (Lipinski definition) is 2. The monoisotopic (exact) mass is 220 g/mol. The van der Waals surface area contributed by atoms with Crippen molar-refractivity contribution in [1.29, 1.82) is 0 Å². The van der Waals surface area contributed by atoms with Crippen LogP contribution >= 0.6 is 0 Å². The van der Waals surface area contributed by atoms with E-state index in [1.54, 1.807) is 0 Å². The maximum Gasteiger partial charge on any atom is 0.214 e. The predicted octanol–water partition coefficient (Wildman–Crippen LogP) is 0.443. The second-order valence-corrected chi connectivity index (χ2v) is 6.83. The zero-order chi connectivity index (χ0) is 10.8. The molecule has 0 aliphatic heterocycles. The minimum atomic E-state index is -3.07. The average Bonchev–Trinajstić information content (AvgIpc) is 1.97. The minimum absolute atomic E-state index is 0.156. The van der Waals surface area contributed by atoms with Gasteiger partial charge in [0.1, 0.15) is 0 Å². The van der Waals surface area contributed by atoms with Crippen molar-refractivity contribution in [3.05, 3.63) is 0 Å². The molecule has 0 atom stereocenters. The second kappa shape index (κ2) is 4.16. The van der Waals surface area contributed by atoms with Crippen LogP contribution < -0.4 is 10.5 Å². The fraction of sp³-hybridized carbons (Fsp3) is 1.00. The molecule has 1 aliphatic rings. The molecule has 1 rings (SSSR count). The molecule has 0 unspecified atom stereocenters. The third kappa shape index (κ3) is 2.93. The van der Waals surface area contributed by atoms with Crippen LogP contribution in [0.1, 0.15) is 33.1 Å². The third-order valence-electron chi connectivity index (χ3n) is 2.80. The van der Waals surface area contributed by atoms with E-state index in [0.717, 1.165) is 19.3 Å². The Morgan fingerprint density at radius 1 is 1.43 bits per heavy atom. The number of sulfonamides is 1. The lowest BCUT2D eigenvalue weighted by Gasteiger charge is -2.28. The molecule has 1 saturated carbocycles. The fourth-order valence-electron chi connectivity index (χ4n) is 1.17. The summed E-state index contributed by atoms with van der Waals surface area (Å²) in [5.41, 5.74) is 5.37. The Balaban J connectivity index is 2.44. The van der Waals surface area contributed by atoms with Crippen LogP contribution in [0.2, 0.25) is 0 Å². The molecule has 0 aromatic carbocycles. The first kappa shape index (κ1) is 11.9. The van der Waals surface area contributed by atoms with Crippen LogP contribution in [0.15, 0.2) is 0 Å². The topological polar surface area (TPSA) is 72.2 Å². The molecule has 1 aliphatic carbocycles. The largest absolute Gasteiger partial charge is 0.330 e. The van der Waals surface area contributed by atoms with Gasteiger partial charge in [-0.2, -0.15) is 0 Å². The van der Waals surface area contributed by atoms with Crippen molar-refractivity contribution in [3.8, 4) is 0 Å². The molecule has 0 aromatic rings. The van der Waals surface area contributed by atoms with Gasteiger partial charge >= 0.3 is 0 Å². The molecule has 0 bridgehead atoms. The SMILES string of the molecule is CC(C)(CN)CNS(=O)(=O)C1CCC1. The van der Waals surface area contributed by atoms with E-state index in [0.29, 0.717) is 13.1 Å². The highest BCUT2D eigenvalue weighted by Gasteiger charge is 2.32. The van der Waals surface area contributed by atoms with E-state index in [1.165, 1.54) is 0 Å². The third-order valence-corrected chi connectivity index (χ3v) is 4.69. The smallest absolute Gasteiger partial charge is 0.214 e. The lowest BCUT2D eigenvalue weighted by atomic mass is 9.95. The van der Waals surface area contributed by atoms with E-state index in [9.17, 15) is 8.42 Å². The van der Waals surface area contributed by atoms with Crippen molar-refractivity contribution in [3.63, 3.8) is 0 Å². The van der Waals surface area contributed by atoms with Crippen molar-refractivity contribution in [2.45, 2.75) is 38.4 Å². The van der Waals surface area contributed by atoms with Gasteiger partial charge in [0, 0.05) is 6.54 Å². The molecule has 0 amide bonds. The molecule has 0 saturated heterocycles. The Labute approximate surface area is 86.3 Å². The number of hydrogen-bond acceptors (Lipinski definition) is 3. The Morgan fingerprint density at radius 3 is 2.36 bits per heavy atom. The summed E-state index contributed by atoms with van der Waals surface area (Å²) in [6.45, 7) is 4.83. The van der Waals surface area contributed by atoms with E-state index in [1.807, 2.05) is 13.8 Å². The molecule has 5 heteroatoms. The summed E-state index contributed by atoms with van der Waals surface area (Å²) in [6, 6.07) is 0.